The fourth-order valence-corrected chi connectivity index (χ4v) is 5.28. The molecule has 8 aromatic carbocycles. The van der Waals surface area contributed by atoms with Crippen molar-refractivity contribution in [3.05, 3.63) is 145 Å². The van der Waals surface area contributed by atoms with Gasteiger partial charge < -0.3 is 4.42 Å². The number of benzene rings is 8. The molecule has 0 aliphatic carbocycles. The molecule has 9 aromatic rings. The Hall–Kier alpha value is -5.40. The Kier molecular flexibility index (Phi) is 1.94. The lowest BCUT2D eigenvalue weighted by Gasteiger charge is -2.19. The van der Waals surface area contributed by atoms with E-state index in [1.54, 1.807) is 0 Å². The van der Waals surface area contributed by atoms with Gasteiger partial charge in [0.25, 0.3) is 0 Å². The first-order valence-electron chi connectivity index (χ1n) is 24.2. The zero-order valence-corrected chi connectivity index (χ0v) is 20.4. The molecule has 1 nitrogen and oxygen atoms in total. The molecule has 41 heavy (non-hydrogen) atoms. The SMILES string of the molecule is [2H]c1c([2H])c(-c2c3c([2H])c([2H])c([2H])c([2H])c3c(-c3c([2H])c([2H])c([2H])c4c([2H])c([2H])c([2H])c([2H])c34)c3c([2H])c([2H])c([2H])c([2H])c23)c2c(oc3c4c([2H])c([2H])c([2H])c([2H])c4c([2H])c([2H])c32)c1[2H]. The van der Waals surface area contributed by atoms with Crippen molar-refractivity contribution in [1.82, 2.24) is 0 Å². The maximum absolute atomic E-state index is 9.47. The van der Waals surface area contributed by atoms with Crippen molar-refractivity contribution < 1.29 is 37.3 Å². The first kappa shape index (κ1) is 9.33. The van der Waals surface area contributed by atoms with E-state index < -0.39 is 232 Å². The molecule has 0 bridgehead atoms. The molecule has 0 saturated heterocycles. The van der Waals surface area contributed by atoms with Gasteiger partial charge >= 0.3 is 0 Å². The normalized spacial score (nSPS) is 20.1. The third-order valence-electron chi connectivity index (χ3n) is 6.94. The highest BCUT2D eigenvalue weighted by Gasteiger charge is 2.21. The fraction of sp³-hybridized carbons (Fsp3) is 0. The molecule has 1 aromatic heterocycles. The highest BCUT2D eigenvalue weighted by molar-refractivity contribution is 6.28. The molecule has 9 rings (SSSR count). The van der Waals surface area contributed by atoms with E-state index in [2.05, 4.69) is 0 Å². The minimum absolute atomic E-state index is 0.427. The van der Waals surface area contributed by atoms with Crippen LogP contribution in [0.1, 0.15) is 32.9 Å². The van der Waals surface area contributed by atoms with Crippen LogP contribution in [0.5, 0.6) is 0 Å². The number of furan rings is 1. The zero-order chi connectivity index (χ0) is 47.8. The summed E-state index contributed by atoms with van der Waals surface area (Å²) in [5.74, 6) is 0. The summed E-state index contributed by atoms with van der Waals surface area (Å²) >= 11 is 0. The van der Waals surface area contributed by atoms with Gasteiger partial charge in [-0.1, -0.05) is 133 Å². The second-order valence-corrected chi connectivity index (χ2v) is 9.01. The average Bonchev–Trinajstić information content (AvgIpc) is 3.67. The van der Waals surface area contributed by atoms with E-state index in [9.17, 15) is 9.60 Å². The summed E-state index contributed by atoms with van der Waals surface area (Å²) in [6.45, 7) is 0. The van der Waals surface area contributed by atoms with Gasteiger partial charge in [-0.2, -0.15) is 0 Å². The summed E-state index contributed by atoms with van der Waals surface area (Å²) in [6, 6.07) is -20.8. The molecule has 1 heterocycles. The highest BCUT2D eigenvalue weighted by Crippen LogP contribution is 2.48. The average molecular weight is 545 g/mol. The second kappa shape index (κ2) is 8.55. The molecular formula is C40H24O. The second-order valence-electron chi connectivity index (χ2n) is 9.01. The molecular weight excluding hydrogens is 496 g/mol. The molecule has 0 fully saturated rings. The van der Waals surface area contributed by atoms with Gasteiger partial charge in [-0.05, 0) is 72.0 Å². The molecule has 0 aliphatic heterocycles. The van der Waals surface area contributed by atoms with Crippen LogP contribution < -0.4 is 0 Å². The highest BCUT2D eigenvalue weighted by atomic mass is 16.3. The number of hydrogen-bond acceptors (Lipinski definition) is 1. The van der Waals surface area contributed by atoms with Crippen molar-refractivity contribution in [1.29, 1.82) is 0 Å². The summed E-state index contributed by atoms with van der Waals surface area (Å²) in [4.78, 5) is 0. The van der Waals surface area contributed by atoms with Crippen LogP contribution in [-0.2, 0) is 0 Å². The molecule has 0 amide bonds. The van der Waals surface area contributed by atoms with E-state index in [-0.39, 0.29) is 0 Å². The number of hydrogen-bond donors (Lipinski definition) is 0. The molecule has 0 unspecified atom stereocenters. The maximum Gasteiger partial charge on any atom is 0.143 e. The van der Waals surface area contributed by atoms with E-state index in [0.29, 0.717) is 0 Å². The van der Waals surface area contributed by atoms with Crippen molar-refractivity contribution in [2.45, 2.75) is 0 Å². The maximum atomic E-state index is 9.47. The van der Waals surface area contributed by atoms with Crippen molar-refractivity contribution >= 4 is 65.0 Å². The van der Waals surface area contributed by atoms with Gasteiger partial charge in [0.1, 0.15) is 11.2 Å². The van der Waals surface area contributed by atoms with E-state index in [0.717, 1.165) is 0 Å². The van der Waals surface area contributed by atoms with Crippen LogP contribution in [0.15, 0.2) is 149 Å². The third kappa shape index (κ3) is 3.18. The minimum Gasteiger partial charge on any atom is -0.455 e. The smallest absolute Gasteiger partial charge is 0.143 e. The number of fused-ring (bicyclic) bond motifs is 8. The van der Waals surface area contributed by atoms with E-state index >= 15 is 0 Å². The summed E-state index contributed by atoms with van der Waals surface area (Å²) in [5, 5.41) is -5.70. The van der Waals surface area contributed by atoms with Crippen molar-refractivity contribution in [3.8, 4) is 22.3 Å². The predicted molar refractivity (Wildman–Crippen MR) is 175 cm³/mol. The van der Waals surface area contributed by atoms with Crippen LogP contribution in [0.4, 0.5) is 0 Å². The molecule has 0 atom stereocenters. The van der Waals surface area contributed by atoms with Gasteiger partial charge in [-0.25, -0.2) is 0 Å². The Morgan fingerprint density at radius 2 is 0.854 bits per heavy atom. The molecule has 0 radical (unpaired) electrons. The molecule has 0 N–H and O–H groups in total. The van der Waals surface area contributed by atoms with Gasteiger partial charge in [-0.3, -0.25) is 0 Å². The Labute approximate surface area is 270 Å². The molecule has 0 aliphatic rings. The monoisotopic (exact) mass is 544 g/mol. The Bertz CT molecular complexity index is 3730. The van der Waals surface area contributed by atoms with E-state index in [4.69, 9.17) is 27.7 Å². The lowest BCUT2D eigenvalue weighted by Crippen LogP contribution is -1.92. The van der Waals surface area contributed by atoms with Crippen LogP contribution in [0.25, 0.3) is 87.3 Å². The quantitative estimate of drug-likeness (QED) is 0.197. The van der Waals surface area contributed by atoms with Crippen molar-refractivity contribution in [2.75, 3.05) is 0 Å². The van der Waals surface area contributed by atoms with Crippen molar-refractivity contribution in [3.63, 3.8) is 0 Å². The van der Waals surface area contributed by atoms with Gasteiger partial charge in [-0.15, -0.1) is 0 Å². The van der Waals surface area contributed by atoms with Crippen molar-refractivity contribution in [2.24, 2.45) is 0 Å². The van der Waals surface area contributed by atoms with Crippen LogP contribution in [0.3, 0.4) is 0 Å². The van der Waals surface area contributed by atoms with Crippen LogP contribution in [-0.4, -0.2) is 0 Å². The summed E-state index contributed by atoms with van der Waals surface area (Å²) in [5.41, 5.74) is -3.71. The standard InChI is InChI=1S/C40H24O/c1-3-14-27-25(11-1)13-9-20-29(27)37-30-16-5-7-18-32(30)38(33-19-8-6-17-31(33)37)34-21-10-22-36-39(34)35-24-23-26-12-2-4-15-28(26)40(35)41-36/h1-24H/i1D,2D,3D,4D,5D,6D,7D,8D,9D,10D,11D,12D,13D,14D,15D,16D,17D,18D,19D,20D,21D,22D,23D,24D. The first-order chi connectivity index (χ1) is 30.3. The van der Waals surface area contributed by atoms with Crippen LogP contribution in [0, 0.1) is 0 Å². The Balaban J connectivity index is 1.70. The van der Waals surface area contributed by atoms with Gasteiger partial charge in [0.15, 0.2) is 0 Å². The van der Waals surface area contributed by atoms with Gasteiger partial charge in [0.2, 0.25) is 0 Å². The predicted octanol–water partition coefficient (Wildman–Crippen LogP) is 11.5. The summed E-state index contributed by atoms with van der Waals surface area (Å²) in [6.07, 6.45) is 0. The lowest BCUT2D eigenvalue weighted by molar-refractivity contribution is 0.673. The third-order valence-corrected chi connectivity index (χ3v) is 6.94. The largest absolute Gasteiger partial charge is 0.455 e. The molecule has 1 heteroatoms. The first-order valence-corrected chi connectivity index (χ1v) is 12.2. The Morgan fingerprint density at radius 3 is 1.54 bits per heavy atom. The minimum atomic E-state index is -0.949. The van der Waals surface area contributed by atoms with E-state index in [1.165, 1.54) is 0 Å². The molecule has 190 valence electrons. The summed E-state index contributed by atoms with van der Waals surface area (Å²) in [7, 11) is 0. The zero-order valence-electron chi connectivity index (χ0n) is 44.4. The number of rotatable bonds is 2. The fourth-order valence-electron chi connectivity index (χ4n) is 5.28. The van der Waals surface area contributed by atoms with Crippen LogP contribution in [0.2, 0.25) is 0 Å². The lowest BCUT2D eigenvalue weighted by atomic mass is 9.84. The summed E-state index contributed by atoms with van der Waals surface area (Å²) < 4.78 is 220. The molecule has 0 saturated carbocycles. The van der Waals surface area contributed by atoms with Gasteiger partial charge in [0, 0.05) is 16.2 Å². The van der Waals surface area contributed by atoms with Gasteiger partial charge in [0.05, 0.1) is 32.9 Å². The Morgan fingerprint density at radius 1 is 0.366 bits per heavy atom. The topological polar surface area (TPSA) is 13.1 Å². The van der Waals surface area contributed by atoms with E-state index in [1.807, 2.05) is 0 Å². The van der Waals surface area contributed by atoms with Crippen LogP contribution >= 0.6 is 0 Å². The molecule has 0 spiro atoms.